The monoisotopic (exact) mass is 240 g/mol. The van der Waals surface area contributed by atoms with Crippen molar-refractivity contribution in [3.05, 3.63) is 0 Å². The lowest BCUT2D eigenvalue weighted by atomic mass is 10.1. The van der Waals surface area contributed by atoms with Gasteiger partial charge in [0, 0.05) is 6.54 Å². The van der Waals surface area contributed by atoms with Gasteiger partial charge in [0.25, 0.3) is 0 Å². The van der Waals surface area contributed by atoms with Crippen LogP contribution in [0.4, 0.5) is 13.2 Å². The number of rotatable bonds is 6. The Balaban J connectivity index is 4.30. The summed E-state index contributed by atoms with van der Waals surface area (Å²) in [5.74, 6) is -0.617. The second-order valence-corrected chi connectivity index (χ2v) is 3.72. The summed E-state index contributed by atoms with van der Waals surface area (Å²) in [7, 11) is 0. The molecule has 0 heterocycles. The second-order valence-electron chi connectivity index (χ2n) is 3.72. The van der Waals surface area contributed by atoms with Gasteiger partial charge in [0.1, 0.15) is 6.54 Å². The van der Waals surface area contributed by atoms with Gasteiger partial charge in [0.2, 0.25) is 5.91 Å². The minimum absolute atomic E-state index is 0.0260. The Labute approximate surface area is 93.8 Å². The molecule has 6 heteroatoms. The molecule has 96 valence electrons. The molecule has 1 amide bonds. The third kappa shape index (κ3) is 5.95. The van der Waals surface area contributed by atoms with Crippen LogP contribution in [0.5, 0.6) is 0 Å². The van der Waals surface area contributed by atoms with Crippen molar-refractivity contribution < 1.29 is 18.0 Å². The molecule has 0 aliphatic heterocycles. The molecule has 2 N–H and O–H groups in total. The molecule has 0 bridgehead atoms. The van der Waals surface area contributed by atoms with Gasteiger partial charge in [-0.1, -0.05) is 19.8 Å². The van der Waals surface area contributed by atoms with Crippen LogP contribution in [0.1, 0.15) is 33.1 Å². The van der Waals surface area contributed by atoms with Gasteiger partial charge in [-0.3, -0.25) is 4.79 Å². The normalized spacial score (nSPS) is 13.6. The van der Waals surface area contributed by atoms with Crippen molar-refractivity contribution in [3.63, 3.8) is 0 Å². The SMILES string of the molecule is CCCC[C@H](N)C(=O)N(CC)CC(F)(F)F. The fraction of sp³-hybridized carbons (Fsp3) is 0.900. The predicted molar refractivity (Wildman–Crippen MR) is 55.8 cm³/mol. The van der Waals surface area contributed by atoms with Crippen molar-refractivity contribution in [2.45, 2.75) is 45.3 Å². The molecule has 16 heavy (non-hydrogen) atoms. The van der Waals surface area contributed by atoms with Crippen LogP contribution in [0, 0.1) is 0 Å². The number of nitrogens with two attached hydrogens (primary N) is 1. The maximum Gasteiger partial charge on any atom is 0.406 e. The number of unbranched alkanes of at least 4 members (excludes halogenated alkanes) is 1. The van der Waals surface area contributed by atoms with E-state index in [0.29, 0.717) is 6.42 Å². The number of halogens is 3. The molecular weight excluding hydrogens is 221 g/mol. The standard InChI is InChI=1S/C10H19F3N2O/c1-3-5-6-8(14)9(16)15(4-2)7-10(11,12)13/h8H,3-7,14H2,1-2H3/t8-/m0/s1. The second kappa shape index (κ2) is 6.73. The summed E-state index contributed by atoms with van der Waals surface area (Å²) in [6.07, 6.45) is -2.32. The number of carbonyl (C=O) groups excluding carboxylic acids is 1. The number of carbonyl (C=O) groups is 1. The zero-order chi connectivity index (χ0) is 12.8. The van der Waals surface area contributed by atoms with Crippen molar-refractivity contribution in [3.8, 4) is 0 Å². The van der Waals surface area contributed by atoms with E-state index in [9.17, 15) is 18.0 Å². The van der Waals surface area contributed by atoms with Crippen LogP contribution in [0.3, 0.4) is 0 Å². The lowest BCUT2D eigenvalue weighted by Gasteiger charge is -2.25. The zero-order valence-electron chi connectivity index (χ0n) is 9.68. The predicted octanol–water partition coefficient (Wildman–Crippen LogP) is 1.91. The largest absolute Gasteiger partial charge is 0.406 e. The van der Waals surface area contributed by atoms with E-state index >= 15 is 0 Å². The minimum Gasteiger partial charge on any atom is -0.333 e. The summed E-state index contributed by atoms with van der Waals surface area (Å²) in [6.45, 7) is 2.25. The maximum atomic E-state index is 12.1. The number of alkyl halides is 3. The van der Waals surface area contributed by atoms with Gasteiger partial charge in [-0.15, -0.1) is 0 Å². The van der Waals surface area contributed by atoms with E-state index in [2.05, 4.69) is 0 Å². The molecular formula is C10H19F3N2O. The van der Waals surface area contributed by atoms with Crippen LogP contribution in [-0.4, -0.2) is 36.1 Å². The van der Waals surface area contributed by atoms with Gasteiger partial charge >= 0.3 is 6.18 Å². The third-order valence-electron chi connectivity index (χ3n) is 2.25. The van der Waals surface area contributed by atoms with Crippen molar-refractivity contribution in [1.82, 2.24) is 4.90 Å². The fourth-order valence-electron chi connectivity index (χ4n) is 1.34. The van der Waals surface area contributed by atoms with Gasteiger partial charge in [-0.25, -0.2) is 0 Å². The molecule has 0 aromatic heterocycles. The fourth-order valence-corrected chi connectivity index (χ4v) is 1.34. The quantitative estimate of drug-likeness (QED) is 0.771. The van der Waals surface area contributed by atoms with Crippen LogP contribution in [0.25, 0.3) is 0 Å². The number of hydrogen-bond donors (Lipinski definition) is 1. The van der Waals surface area contributed by atoms with Crippen LogP contribution < -0.4 is 5.73 Å². The van der Waals surface area contributed by atoms with E-state index in [4.69, 9.17) is 5.73 Å². The Morgan fingerprint density at radius 3 is 2.31 bits per heavy atom. The van der Waals surface area contributed by atoms with Gasteiger partial charge in [-0.2, -0.15) is 13.2 Å². The van der Waals surface area contributed by atoms with Crippen LogP contribution >= 0.6 is 0 Å². The highest BCUT2D eigenvalue weighted by molar-refractivity contribution is 5.81. The van der Waals surface area contributed by atoms with Gasteiger partial charge < -0.3 is 10.6 Å². The first-order valence-corrected chi connectivity index (χ1v) is 5.43. The Hall–Kier alpha value is -0.780. The summed E-state index contributed by atoms with van der Waals surface area (Å²) in [5.41, 5.74) is 5.54. The maximum absolute atomic E-state index is 12.1. The molecule has 0 aliphatic carbocycles. The zero-order valence-corrected chi connectivity index (χ0v) is 9.68. The summed E-state index contributed by atoms with van der Waals surface area (Å²) in [4.78, 5) is 12.3. The summed E-state index contributed by atoms with van der Waals surface area (Å²) >= 11 is 0. The Morgan fingerprint density at radius 2 is 1.94 bits per heavy atom. The number of nitrogens with zero attached hydrogens (tertiary/aromatic N) is 1. The average Bonchev–Trinajstić information content (AvgIpc) is 2.20. The first kappa shape index (κ1) is 15.2. The van der Waals surface area contributed by atoms with E-state index in [-0.39, 0.29) is 6.54 Å². The lowest BCUT2D eigenvalue weighted by molar-refractivity contribution is -0.161. The molecule has 3 nitrogen and oxygen atoms in total. The molecule has 0 unspecified atom stereocenters. The first-order chi connectivity index (χ1) is 7.31. The minimum atomic E-state index is -4.36. The topological polar surface area (TPSA) is 46.3 Å². The number of likely N-dealkylation sites (N-methyl/N-ethyl adjacent to an activating group) is 1. The van der Waals surface area contributed by atoms with Gasteiger partial charge in [-0.05, 0) is 13.3 Å². The number of amides is 1. The smallest absolute Gasteiger partial charge is 0.333 e. The highest BCUT2D eigenvalue weighted by Crippen LogP contribution is 2.17. The Kier molecular flexibility index (Phi) is 6.40. The van der Waals surface area contributed by atoms with E-state index in [1.165, 1.54) is 6.92 Å². The van der Waals surface area contributed by atoms with E-state index in [1.54, 1.807) is 0 Å². The van der Waals surface area contributed by atoms with Crippen molar-refractivity contribution in [2.75, 3.05) is 13.1 Å². The van der Waals surface area contributed by atoms with Gasteiger partial charge in [0.15, 0.2) is 0 Å². The molecule has 0 aromatic carbocycles. The molecule has 0 radical (unpaired) electrons. The van der Waals surface area contributed by atoms with Crippen LogP contribution in [-0.2, 0) is 4.79 Å². The van der Waals surface area contributed by atoms with E-state index < -0.39 is 24.7 Å². The summed E-state index contributed by atoms with van der Waals surface area (Å²) in [5, 5.41) is 0. The molecule has 0 fully saturated rings. The van der Waals surface area contributed by atoms with Crippen LogP contribution in [0.2, 0.25) is 0 Å². The third-order valence-corrected chi connectivity index (χ3v) is 2.25. The average molecular weight is 240 g/mol. The number of hydrogen-bond acceptors (Lipinski definition) is 2. The molecule has 0 saturated heterocycles. The Morgan fingerprint density at radius 1 is 1.38 bits per heavy atom. The molecule has 0 saturated carbocycles. The summed E-state index contributed by atoms with van der Waals surface area (Å²) < 4.78 is 36.4. The summed E-state index contributed by atoms with van der Waals surface area (Å²) in [6, 6.07) is -0.817. The van der Waals surface area contributed by atoms with Crippen molar-refractivity contribution >= 4 is 5.91 Å². The van der Waals surface area contributed by atoms with Crippen LogP contribution in [0.15, 0.2) is 0 Å². The van der Waals surface area contributed by atoms with Gasteiger partial charge in [0.05, 0.1) is 6.04 Å². The molecule has 1 atom stereocenters. The van der Waals surface area contributed by atoms with E-state index in [0.717, 1.165) is 17.7 Å². The Bertz CT molecular complexity index is 219. The highest BCUT2D eigenvalue weighted by Gasteiger charge is 2.33. The van der Waals surface area contributed by atoms with Crippen molar-refractivity contribution in [2.24, 2.45) is 5.73 Å². The van der Waals surface area contributed by atoms with Crippen molar-refractivity contribution in [1.29, 1.82) is 0 Å². The first-order valence-electron chi connectivity index (χ1n) is 5.43. The van der Waals surface area contributed by atoms with E-state index in [1.807, 2.05) is 6.92 Å². The lowest BCUT2D eigenvalue weighted by Crippen LogP contribution is -2.47. The highest BCUT2D eigenvalue weighted by atomic mass is 19.4. The molecule has 0 aliphatic rings. The molecule has 0 aromatic rings. The molecule has 0 rings (SSSR count). The molecule has 0 spiro atoms.